The topological polar surface area (TPSA) is 18.5 Å². The fourth-order valence-electron chi connectivity index (χ4n) is 2.08. The van der Waals surface area contributed by atoms with Crippen LogP contribution in [0.1, 0.15) is 34.1 Å². The molecule has 0 saturated carbocycles. The van der Waals surface area contributed by atoms with Crippen molar-refractivity contribution in [2.75, 3.05) is 52.4 Å². The van der Waals surface area contributed by atoms with Gasteiger partial charge in [-0.25, -0.2) is 0 Å². The molecule has 0 saturated heterocycles. The fraction of sp³-hybridized carbons (Fsp3) is 0.867. The van der Waals surface area contributed by atoms with Crippen LogP contribution in [-0.4, -0.2) is 62.2 Å². The van der Waals surface area contributed by atoms with E-state index in [4.69, 9.17) is 0 Å². The van der Waals surface area contributed by atoms with Gasteiger partial charge in [0, 0.05) is 13.1 Å². The monoisotopic (exact) mass is 255 g/mol. The standard InChI is InChI=1S/C15H33N3/c1-6-16-13-15(5)14-18(9-4)12-10-11-17(7-2)8-3/h16H,5-14H2,1-4H3. The molecule has 1 N–H and O–H groups in total. The van der Waals surface area contributed by atoms with E-state index in [1.165, 1.54) is 25.1 Å². The smallest absolute Gasteiger partial charge is 0.0202 e. The second kappa shape index (κ2) is 11.7. The molecule has 0 bridgehead atoms. The highest BCUT2D eigenvalue weighted by atomic mass is 15.1. The maximum Gasteiger partial charge on any atom is 0.0202 e. The van der Waals surface area contributed by atoms with Crippen LogP contribution in [-0.2, 0) is 0 Å². The minimum Gasteiger partial charge on any atom is -0.313 e. The summed E-state index contributed by atoms with van der Waals surface area (Å²) >= 11 is 0. The van der Waals surface area contributed by atoms with E-state index < -0.39 is 0 Å². The minimum absolute atomic E-state index is 0.947. The number of rotatable bonds is 12. The Balaban J connectivity index is 3.79. The molecule has 3 heteroatoms. The Hall–Kier alpha value is -0.380. The quantitative estimate of drug-likeness (QED) is 0.539. The van der Waals surface area contributed by atoms with Crippen molar-refractivity contribution in [2.45, 2.75) is 34.1 Å². The lowest BCUT2D eigenvalue weighted by atomic mass is 10.2. The zero-order valence-electron chi connectivity index (χ0n) is 13.0. The number of hydrogen-bond acceptors (Lipinski definition) is 3. The summed E-state index contributed by atoms with van der Waals surface area (Å²) in [5.41, 5.74) is 1.29. The van der Waals surface area contributed by atoms with Crippen molar-refractivity contribution in [3.8, 4) is 0 Å². The highest BCUT2D eigenvalue weighted by Gasteiger charge is 2.05. The van der Waals surface area contributed by atoms with Crippen molar-refractivity contribution in [3.05, 3.63) is 12.2 Å². The fourth-order valence-corrected chi connectivity index (χ4v) is 2.08. The van der Waals surface area contributed by atoms with Crippen LogP contribution in [0.4, 0.5) is 0 Å². The summed E-state index contributed by atoms with van der Waals surface area (Å²) in [6.07, 6.45) is 1.25. The van der Waals surface area contributed by atoms with Crippen LogP contribution in [0, 0.1) is 0 Å². The molecule has 0 radical (unpaired) electrons. The number of nitrogens with zero attached hydrogens (tertiary/aromatic N) is 2. The Morgan fingerprint density at radius 3 is 2.00 bits per heavy atom. The number of nitrogens with one attached hydrogen (secondary N) is 1. The van der Waals surface area contributed by atoms with Gasteiger partial charge in [0.25, 0.3) is 0 Å². The van der Waals surface area contributed by atoms with Crippen LogP contribution in [0.25, 0.3) is 0 Å². The minimum atomic E-state index is 0.947. The zero-order chi connectivity index (χ0) is 13.8. The second-order valence-electron chi connectivity index (χ2n) is 4.78. The lowest BCUT2D eigenvalue weighted by Gasteiger charge is -2.24. The summed E-state index contributed by atoms with van der Waals surface area (Å²) in [5.74, 6) is 0. The van der Waals surface area contributed by atoms with E-state index in [0.717, 1.165) is 39.3 Å². The van der Waals surface area contributed by atoms with Gasteiger partial charge in [0.2, 0.25) is 0 Å². The van der Waals surface area contributed by atoms with Crippen LogP contribution < -0.4 is 5.32 Å². The summed E-state index contributed by atoms with van der Waals surface area (Å²) in [6.45, 7) is 21.8. The number of likely N-dealkylation sites (N-methyl/N-ethyl adjacent to an activating group) is 2. The first-order valence-corrected chi connectivity index (χ1v) is 7.49. The van der Waals surface area contributed by atoms with Crippen LogP contribution in [0.3, 0.4) is 0 Å². The highest BCUT2D eigenvalue weighted by molar-refractivity contribution is 4.99. The maximum absolute atomic E-state index is 4.14. The molecule has 0 aromatic rings. The molecule has 0 rings (SSSR count). The molecule has 0 atom stereocenters. The largest absolute Gasteiger partial charge is 0.313 e. The van der Waals surface area contributed by atoms with Crippen molar-refractivity contribution in [1.82, 2.24) is 15.1 Å². The summed E-state index contributed by atoms with van der Waals surface area (Å²) in [7, 11) is 0. The van der Waals surface area contributed by atoms with E-state index in [2.05, 4.69) is 49.4 Å². The molecule has 0 aliphatic carbocycles. The summed E-state index contributed by atoms with van der Waals surface area (Å²) in [5, 5.41) is 3.34. The Labute approximate surface area is 114 Å². The second-order valence-corrected chi connectivity index (χ2v) is 4.78. The SMILES string of the molecule is C=C(CNCC)CN(CC)CCCN(CC)CC. The summed E-state index contributed by atoms with van der Waals surface area (Å²) in [4.78, 5) is 4.98. The van der Waals surface area contributed by atoms with Crippen molar-refractivity contribution >= 4 is 0 Å². The van der Waals surface area contributed by atoms with Gasteiger partial charge in [0.15, 0.2) is 0 Å². The van der Waals surface area contributed by atoms with Crippen LogP contribution in [0.5, 0.6) is 0 Å². The Bertz CT molecular complexity index is 200. The van der Waals surface area contributed by atoms with Gasteiger partial charge in [-0.15, -0.1) is 0 Å². The predicted octanol–water partition coefficient (Wildman–Crippen LogP) is 2.21. The van der Waals surface area contributed by atoms with E-state index in [0.29, 0.717) is 0 Å². The van der Waals surface area contributed by atoms with Crippen LogP contribution in [0.2, 0.25) is 0 Å². The van der Waals surface area contributed by atoms with Crippen molar-refractivity contribution in [2.24, 2.45) is 0 Å². The van der Waals surface area contributed by atoms with Crippen LogP contribution in [0.15, 0.2) is 12.2 Å². The summed E-state index contributed by atoms with van der Waals surface area (Å²) in [6, 6.07) is 0. The molecule has 3 nitrogen and oxygen atoms in total. The van der Waals surface area contributed by atoms with Gasteiger partial charge in [0.05, 0.1) is 0 Å². The van der Waals surface area contributed by atoms with E-state index in [-0.39, 0.29) is 0 Å². The van der Waals surface area contributed by atoms with Gasteiger partial charge in [0.1, 0.15) is 0 Å². The molecule has 0 fully saturated rings. The highest BCUT2D eigenvalue weighted by Crippen LogP contribution is 1.99. The first-order valence-electron chi connectivity index (χ1n) is 7.49. The predicted molar refractivity (Wildman–Crippen MR) is 82.2 cm³/mol. The molecule has 0 heterocycles. The molecule has 18 heavy (non-hydrogen) atoms. The first-order chi connectivity index (χ1) is 8.67. The Kier molecular flexibility index (Phi) is 11.4. The van der Waals surface area contributed by atoms with Gasteiger partial charge < -0.3 is 10.2 Å². The van der Waals surface area contributed by atoms with Crippen molar-refractivity contribution in [3.63, 3.8) is 0 Å². The zero-order valence-corrected chi connectivity index (χ0v) is 13.0. The average molecular weight is 255 g/mol. The van der Waals surface area contributed by atoms with E-state index in [1.54, 1.807) is 0 Å². The molecule has 0 amide bonds. The molecular weight excluding hydrogens is 222 g/mol. The van der Waals surface area contributed by atoms with Gasteiger partial charge in [-0.2, -0.15) is 0 Å². The Morgan fingerprint density at radius 1 is 0.944 bits per heavy atom. The molecule has 0 aliphatic heterocycles. The van der Waals surface area contributed by atoms with Gasteiger partial charge in [-0.3, -0.25) is 4.90 Å². The summed E-state index contributed by atoms with van der Waals surface area (Å²) < 4.78 is 0. The third-order valence-electron chi connectivity index (χ3n) is 3.36. The average Bonchev–Trinajstić information content (AvgIpc) is 2.39. The van der Waals surface area contributed by atoms with E-state index in [9.17, 15) is 0 Å². The van der Waals surface area contributed by atoms with Crippen LogP contribution >= 0.6 is 0 Å². The Morgan fingerprint density at radius 2 is 1.50 bits per heavy atom. The molecule has 0 aromatic heterocycles. The van der Waals surface area contributed by atoms with Crippen molar-refractivity contribution < 1.29 is 0 Å². The van der Waals surface area contributed by atoms with Crippen molar-refractivity contribution in [1.29, 1.82) is 0 Å². The lowest BCUT2D eigenvalue weighted by Crippen LogP contribution is -2.32. The molecular formula is C15H33N3. The molecule has 0 aliphatic rings. The van der Waals surface area contributed by atoms with E-state index in [1.807, 2.05) is 0 Å². The van der Waals surface area contributed by atoms with Gasteiger partial charge in [-0.1, -0.05) is 34.3 Å². The molecule has 108 valence electrons. The molecule has 0 unspecified atom stereocenters. The third kappa shape index (κ3) is 8.67. The normalized spacial score (nSPS) is 11.4. The first kappa shape index (κ1) is 17.6. The van der Waals surface area contributed by atoms with Gasteiger partial charge >= 0.3 is 0 Å². The molecule has 0 spiro atoms. The molecule has 0 aromatic carbocycles. The maximum atomic E-state index is 4.14. The van der Waals surface area contributed by atoms with E-state index >= 15 is 0 Å². The third-order valence-corrected chi connectivity index (χ3v) is 3.36. The van der Waals surface area contributed by atoms with Gasteiger partial charge in [-0.05, 0) is 51.3 Å². The lowest BCUT2D eigenvalue weighted by molar-refractivity contribution is 0.253. The number of hydrogen-bond donors (Lipinski definition) is 1.